The molecule has 132 valence electrons. The molecule has 1 unspecified atom stereocenters. The van der Waals surface area contributed by atoms with E-state index in [2.05, 4.69) is 15.4 Å². The number of anilines is 1. The summed E-state index contributed by atoms with van der Waals surface area (Å²) in [6, 6.07) is 6.56. The SMILES string of the molecule is O=C(NNc1cnc(-c2ccc(C3CC3(F)F)cc2)cn1)C(F)(F)Br. The molecule has 0 aliphatic heterocycles. The highest BCUT2D eigenvalue weighted by molar-refractivity contribution is 9.10. The summed E-state index contributed by atoms with van der Waals surface area (Å²) in [6.07, 6.45) is 2.47. The molecule has 1 aliphatic carbocycles. The zero-order valence-corrected chi connectivity index (χ0v) is 14.0. The van der Waals surface area contributed by atoms with Crippen molar-refractivity contribution in [1.82, 2.24) is 15.4 Å². The molecule has 3 rings (SSSR count). The first-order valence-electron chi connectivity index (χ1n) is 7.10. The van der Waals surface area contributed by atoms with Crippen molar-refractivity contribution in [1.29, 1.82) is 0 Å². The number of carbonyl (C=O) groups is 1. The first kappa shape index (κ1) is 17.6. The smallest absolute Gasteiger partial charge is 0.280 e. The van der Waals surface area contributed by atoms with Gasteiger partial charge in [0.1, 0.15) is 0 Å². The van der Waals surface area contributed by atoms with E-state index in [-0.39, 0.29) is 12.2 Å². The lowest BCUT2D eigenvalue weighted by atomic mass is 10.1. The topological polar surface area (TPSA) is 66.9 Å². The minimum atomic E-state index is -3.70. The van der Waals surface area contributed by atoms with Gasteiger partial charge in [0.05, 0.1) is 24.0 Å². The van der Waals surface area contributed by atoms with Gasteiger partial charge in [-0.15, -0.1) is 0 Å². The summed E-state index contributed by atoms with van der Waals surface area (Å²) < 4.78 is 51.3. The van der Waals surface area contributed by atoms with E-state index in [9.17, 15) is 22.4 Å². The second kappa shape index (κ2) is 6.25. The maximum atomic E-state index is 13.0. The molecule has 1 amide bonds. The molecule has 0 spiro atoms. The molecule has 0 radical (unpaired) electrons. The molecule has 1 aliphatic rings. The summed E-state index contributed by atoms with van der Waals surface area (Å²) in [6.45, 7) is 0. The lowest BCUT2D eigenvalue weighted by Crippen LogP contribution is -2.39. The number of amides is 1. The molecule has 1 atom stereocenters. The van der Waals surface area contributed by atoms with E-state index >= 15 is 0 Å². The van der Waals surface area contributed by atoms with E-state index in [0.29, 0.717) is 16.8 Å². The summed E-state index contributed by atoms with van der Waals surface area (Å²) in [5.74, 6) is -4.87. The Kier molecular flexibility index (Phi) is 4.40. The Balaban J connectivity index is 1.63. The number of halogens is 5. The zero-order chi connectivity index (χ0) is 18.2. The highest BCUT2D eigenvalue weighted by Crippen LogP contribution is 2.55. The Bertz CT molecular complexity index is 778. The average molecular weight is 419 g/mol. The summed E-state index contributed by atoms with van der Waals surface area (Å²) in [5, 5.41) is 0. The number of benzene rings is 1. The van der Waals surface area contributed by atoms with Crippen LogP contribution in [0, 0.1) is 0 Å². The monoisotopic (exact) mass is 418 g/mol. The standard InChI is InChI=1S/C15H11BrF4N4O/c16-15(19,20)13(25)24-23-12-7-21-11(6-22-12)9-3-1-8(2-4-9)10-5-14(10,17)18/h1-4,6-7,10H,5H2,(H,22,23)(H,24,25). The third kappa shape index (κ3) is 4.06. The maximum Gasteiger partial charge on any atom is 0.379 e. The fourth-order valence-corrected chi connectivity index (χ4v) is 2.29. The molecule has 1 heterocycles. The second-order valence-corrected chi connectivity index (χ2v) is 6.50. The van der Waals surface area contributed by atoms with E-state index in [1.807, 2.05) is 15.9 Å². The normalized spacial score (nSPS) is 18.5. The number of aromatic nitrogens is 2. The third-order valence-corrected chi connectivity index (χ3v) is 4.01. The van der Waals surface area contributed by atoms with Gasteiger partial charge in [-0.2, -0.15) is 8.78 Å². The van der Waals surface area contributed by atoms with Crippen LogP contribution in [-0.4, -0.2) is 26.6 Å². The fraction of sp³-hybridized carbons (Fsp3) is 0.267. The van der Waals surface area contributed by atoms with Gasteiger partial charge in [-0.1, -0.05) is 24.3 Å². The number of alkyl halides is 5. The van der Waals surface area contributed by atoms with Crippen LogP contribution < -0.4 is 10.9 Å². The van der Waals surface area contributed by atoms with Gasteiger partial charge in [-0.3, -0.25) is 20.6 Å². The lowest BCUT2D eigenvalue weighted by Gasteiger charge is -2.11. The largest absolute Gasteiger partial charge is 0.379 e. The molecule has 5 nitrogen and oxygen atoms in total. The van der Waals surface area contributed by atoms with E-state index in [4.69, 9.17) is 0 Å². The number of hydrazine groups is 1. The molecular weight excluding hydrogens is 408 g/mol. The Labute approximate surface area is 148 Å². The average Bonchev–Trinajstić information content (AvgIpc) is 3.21. The van der Waals surface area contributed by atoms with Crippen molar-refractivity contribution in [3.63, 3.8) is 0 Å². The van der Waals surface area contributed by atoms with Crippen LogP contribution in [0.5, 0.6) is 0 Å². The van der Waals surface area contributed by atoms with Crippen molar-refractivity contribution in [2.24, 2.45) is 0 Å². The van der Waals surface area contributed by atoms with Crippen LogP contribution in [0.1, 0.15) is 17.9 Å². The van der Waals surface area contributed by atoms with E-state index in [0.717, 1.165) is 0 Å². The number of rotatable bonds is 5. The highest BCUT2D eigenvalue weighted by atomic mass is 79.9. The minimum absolute atomic E-state index is 0.0584. The Morgan fingerprint density at radius 3 is 2.32 bits per heavy atom. The van der Waals surface area contributed by atoms with Gasteiger partial charge in [0.2, 0.25) is 0 Å². The third-order valence-electron chi connectivity index (χ3n) is 3.65. The van der Waals surface area contributed by atoms with Crippen molar-refractivity contribution in [2.45, 2.75) is 23.1 Å². The molecule has 25 heavy (non-hydrogen) atoms. The van der Waals surface area contributed by atoms with Crippen LogP contribution in [0.2, 0.25) is 0 Å². The Hall–Kier alpha value is -2.23. The van der Waals surface area contributed by atoms with Crippen LogP contribution in [0.3, 0.4) is 0 Å². The van der Waals surface area contributed by atoms with E-state index < -0.39 is 22.6 Å². The van der Waals surface area contributed by atoms with Crippen LogP contribution in [-0.2, 0) is 4.79 Å². The van der Waals surface area contributed by atoms with Crippen molar-refractivity contribution in [3.8, 4) is 11.3 Å². The molecule has 0 bridgehead atoms. The predicted octanol–water partition coefficient (Wildman–Crippen LogP) is 3.70. The van der Waals surface area contributed by atoms with Crippen molar-refractivity contribution in [2.75, 3.05) is 5.43 Å². The zero-order valence-electron chi connectivity index (χ0n) is 12.4. The second-order valence-electron chi connectivity index (χ2n) is 5.50. The summed E-state index contributed by atoms with van der Waals surface area (Å²) in [7, 11) is 0. The Morgan fingerprint density at radius 1 is 1.20 bits per heavy atom. The molecule has 2 aromatic rings. The first-order chi connectivity index (χ1) is 11.7. The van der Waals surface area contributed by atoms with Crippen LogP contribution in [0.15, 0.2) is 36.7 Å². The number of carbonyl (C=O) groups excluding carboxylic acids is 1. The molecule has 10 heteroatoms. The van der Waals surface area contributed by atoms with Crippen LogP contribution >= 0.6 is 15.9 Å². The van der Waals surface area contributed by atoms with Gasteiger partial charge >= 0.3 is 10.7 Å². The summed E-state index contributed by atoms with van der Waals surface area (Å²) >= 11 is 1.92. The summed E-state index contributed by atoms with van der Waals surface area (Å²) in [4.78, 5) is 15.3. The molecule has 1 fully saturated rings. The number of nitrogens with one attached hydrogen (secondary N) is 2. The maximum absolute atomic E-state index is 13.0. The Morgan fingerprint density at radius 2 is 1.84 bits per heavy atom. The van der Waals surface area contributed by atoms with Gasteiger partial charge in [0.15, 0.2) is 5.82 Å². The lowest BCUT2D eigenvalue weighted by molar-refractivity contribution is -0.133. The van der Waals surface area contributed by atoms with Gasteiger partial charge in [-0.25, -0.2) is 13.8 Å². The number of hydrogen-bond acceptors (Lipinski definition) is 4. The van der Waals surface area contributed by atoms with Gasteiger partial charge < -0.3 is 0 Å². The number of nitrogens with zero attached hydrogens (tertiary/aromatic N) is 2. The van der Waals surface area contributed by atoms with Gasteiger partial charge in [0, 0.05) is 27.9 Å². The summed E-state index contributed by atoms with van der Waals surface area (Å²) in [5.41, 5.74) is 5.68. The van der Waals surface area contributed by atoms with Gasteiger partial charge in [-0.05, 0) is 5.56 Å². The number of hydrogen-bond donors (Lipinski definition) is 2. The minimum Gasteiger partial charge on any atom is -0.280 e. The highest BCUT2D eigenvalue weighted by Gasteiger charge is 2.57. The molecule has 2 N–H and O–H groups in total. The first-order valence-corrected chi connectivity index (χ1v) is 7.89. The van der Waals surface area contributed by atoms with E-state index in [1.54, 1.807) is 29.7 Å². The van der Waals surface area contributed by atoms with E-state index in [1.165, 1.54) is 12.4 Å². The molecule has 1 aromatic carbocycles. The van der Waals surface area contributed by atoms with Crippen molar-refractivity contribution < 1.29 is 22.4 Å². The quantitative estimate of drug-likeness (QED) is 0.441. The van der Waals surface area contributed by atoms with Gasteiger partial charge in [0.25, 0.3) is 5.92 Å². The molecule has 1 aromatic heterocycles. The van der Waals surface area contributed by atoms with Crippen molar-refractivity contribution in [3.05, 3.63) is 42.2 Å². The van der Waals surface area contributed by atoms with Crippen LogP contribution in [0.25, 0.3) is 11.3 Å². The van der Waals surface area contributed by atoms with Crippen molar-refractivity contribution >= 4 is 27.7 Å². The fourth-order valence-electron chi connectivity index (χ4n) is 2.19. The molecule has 1 saturated carbocycles. The molecule has 0 saturated heterocycles. The predicted molar refractivity (Wildman–Crippen MR) is 85.4 cm³/mol. The molecular formula is C15H11BrF4N4O. The van der Waals surface area contributed by atoms with Crippen LogP contribution in [0.4, 0.5) is 23.4 Å².